The van der Waals surface area contributed by atoms with Gasteiger partial charge in [0.05, 0.1) is 18.8 Å². The van der Waals surface area contributed by atoms with Gasteiger partial charge in [0.25, 0.3) is 0 Å². The van der Waals surface area contributed by atoms with E-state index in [0.29, 0.717) is 5.92 Å². The van der Waals surface area contributed by atoms with Crippen LogP contribution in [-0.2, 0) is 15.9 Å². The quantitative estimate of drug-likeness (QED) is 0.869. The Bertz CT molecular complexity index is 384. The summed E-state index contributed by atoms with van der Waals surface area (Å²) in [5.74, 6) is 0.626. The Morgan fingerprint density at radius 3 is 2.50 bits per heavy atom. The van der Waals surface area contributed by atoms with Crippen LogP contribution in [0.15, 0.2) is 24.3 Å². The second-order valence-electron chi connectivity index (χ2n) is 5.72. The minimum absolute atomic E-state index is 0.0466. The van der Waals surface area contributed by atoms with Gasteiger partial charge < -0.3 is 15.2 Å². The SMILES string of the molecule is CCc1ccc(C(N)C(C)OCC2CCOCC2)cc1. The maximum absolute atomic E-state index is 6.30. The predicted molar refractivity (Wildman–Crippen MR) is 81.7 cm³/mol. The lowest BCUT2D eigenvalue weighted by Gasteiger charge is -2.26. The van der Waals surface area contributed by atoms with Gasteiger partial charge in [-0.3, -0.25) is 0 Å². The number of hydrogen-bond donors (Lipinski definition) is 1. The summed E-state index contributed by atoms with van der Waals surface area (Å²) in [5, 5.41) is 0. The van der Waals surface area contributed by atoms with E-state index < -0.39 is 0 Å². The van der Waals surface area contributed by atoms with E-state index in [1.807, 2.05) is 0 Å². The number of aryl methyl sites for hydroxylation is 1. The summed E-state index contributed by atoms with van der Waals surface area (Å²) in [6.07, 6.45) is 3.32. The summed E-state index contributed by atoms with van der Waals surface area (Å²) in [6.45, 7) is 6.76. The first-order valence-electron chi connectivity index (χ1n) is 7.74. The third-order valence-electron chi connectivity index (χ3n) is 4.21. The van der Waals surface area contributed by atoms with Crippen LogP contribution in [0.4, 0.5) is 0 Å². The van der Waals surface area contributed by atoms with E-state index in [1.54, 1.807) is 0 Å². The number of nitrogens with two attached hydrogens (primary N) is 1. The summed E-state index contributed by atoms with van der Waals surface area (Å²) in [6, 6.07) is 8.50. The number of hydrogen-bond acceptors (Lipinski definition) is 3. The smallest absolute Gasteiger partial charge is 0.0739 e. The summed E-state index contributed by atoms with van der Waals surface area (Å²) in [5.41, 5.74) is 8.79. The zero-order valence-electron chi connectivity index (χ0n) is 12.7. The van der Waals surface area contributed by atoms with Crippen LogP contribution in [0, 0.1) is 5.92 Å². The number of rotatable bonds is 6. The Kier molecular flexibility index (Phi) is 6.02. The molecule has 3 heteroatoms. The van der Waals surface area contributed by atoms with E-state index in [4.69, 9.17) is 15.2 Å². The average Bonchev–Trinajstić information content (AvgIpc) is 2.53. The molecule has 1 fully saturated rings. The van der Waals surface area contributed by atoms with Crippen LogP contribution in [0.5, 0.6) is 0 Å². The summed E-state index contributed by atoms with van der Waals surface area (Å²) < 4.78 is 11.3. The second kappa shape index (κ2) is 7.77. The van der Waals surface area contributed by atoms with Crippen LogP contribution < -0.4 is 5.73 Å². The molecule has 2 N–H and O–H groups in total. The Morgan fingerprint density at radius 1 is 1.25 bits per heavy atom. The third kappa shape index (κ3) is 4.30. The minimum atomic E-state index is -0.0549. The predicted octanol–water partition coefficient (Wildman–Crippen LogP) is 3.08. The molecule has 0 amide bonds. The van der Waals surface area contributed by atoms with Crippen LogP contribution in [0.1, 0.15) is 43.9 Å². The highest BCUT2D eigenvalue weighted by molar-refractivity contribution is 5.25. The highest BCUT2D eigenvalue weighted by atomic mass is 16.5. The van der Waals surface area contributed by atoms with Crippen molar-refractivity contribution in [1.29, 1.82) is 0 Å². The lowest BCUT2D eigenvalue weighted by Crippen LogP contribution is -2.29. The van der Waals surface area contributed by atoms with Crippen LogP contribution in [0.25, 0.3) is 0 Å². The molecule has 0 aliphatic carbocycles. The molecule has 1 aromatic carbocycles. The molecule has 2 atom stereocenters. The van der Waals surface area contributed by atoms with Crippen molar-refractivity contribution in [2.45, 2.75) is 45.3 Å². The van der Waals surface area contributed by atoms with E-state index in [2.05, 4.69) is 38.1 Å². The van der Waals surface area contributed by atoms with Crippen molar-refractivity contribution in [3.8, 4) is 0 Å². The number of benzene rings is 1. The molecule has 0 saturated carbocycles. The van der Waals surface area contributed by atoms with Crippen LogP contribution in [-0.4, -0.2) is 25.9 Å². The van der Waals surface area contributed by atoms with Crippen molar-refractivity contribution in [2.24, 2.45) is 11.7 Å². The van der Waals surface area contributed by atoms with Gasteiger partial charge in [0.15, 0.2) is 0 Å². The van der Waals surface area contributed by atoms with Crippen LogP contribution >= 0.6 is 0 Å². The molecule has 1 aromatic rings. The first kappa shape index (κ1) is 15.5. The molecule has 0 aromatic heterocycles. The fourth-order valence-electron chi connectivity index (χ4n) is 2.55. The van der Waals surface area contributed by atoms with Gasteiger partial charge in [0, 0.05) is 13.2 Å². The summed E-state index contributed by atoms with van der Waals surface area (Å²) in [7, 11) is 0. The van der Waals surface area contributed by atoms with Gasteiger partial charge in [0.1, 0.15) is 0 Å². The molecule has 1 aliphatic rings. The molecule has 2 unspecified atom stereocenters. The zero-order chi connectivity index (χ0) is 14.4. The summed E-state index contributed by atoms with van der Waals surface area (Å²) >= 11 is 0. The molecule has 112 valence electrons. The Labute approximate surface area is 122 Å². The van der Waals surface area contributed by atoms with Gasteiger partial charge in [-0.1, -0.05) is 31.2 Å². The normalized spacial score (nSPS) is 19.8. The van der Waals surface area contributed by atoms with Crippen molar-refractivity contribution in [2.75, 3.05) is 19.8 Å². The maximum atomic E-state index is 6.30. The molecule has 20 heavy (non-hydrogen) atoms. The minimum Gasteiger partial charge on any atom is -0.381 e. The first-order valence-corrected chi connectivity index (χ1v) is 7.74. The van der Waals surface area contributed by atoms with Crippen molar-refractivity contribution in [3.05, 3.63) is 35.4 Å². The van der Waals surface area contributed by atoms with Gasteiger partial charge >= 0.3 is 0 Å². The fraction of sp³-hybridized carbons (Fsp3) is 0.647. The molecule has 0 bridgehead atoms. The van der Waals surface area contributed by atoms with Gasteiger partial charge in [-0.25, -0.2) is 0 Å². The van der Waals surface area contributed by atoms with Crippen molar-refractivity contribution >= 4 is 0 Å². The van der Waals surface area contributed by atoms with Crippen molar-refractivity contribution in [3.63, 3.8) is 0 Å². The molecule has 2 rings (SSSR count). The third-order valence-corrected chi connectivity index (χ3v) is 4.21. The molecule has 3 nitrogen and oxygen atoms in total. The molecule has 1 heterocycles. The van der Waals surface area contributed by atoms with Crippen LogP contribution in [0.2, 0.25) is 0 Å². The van der Waals surface area contributed by atoms with E-state index >= 15 is 0 Å². The highest BCUT2D eigenvalue weighted by Gasteiger charge is 2.19. The largest absolute Gasteiger partial charge is 0.381 e. The number of ether oxygens (including phenoxy) is 2. The van der Waals surface area contributed by atoms with Crippen molar-refractivity contribution in [1.82, 2.24) is 0 Å². The van der Waals surface area contributed by atoms with Gasteiger partial charge in [-0.15, -0.1) is 0 Å². The monoisotopic (exact) mass is 277 g/mol. The Morgan fingerprint density at radius 2 is 1.90 bits per heavy atom. The molecule has 0 spiro atoms. The van der Waals surface area contributed by atoms with Gasteiger partial charge in [-0.05, 0) is 43.2 Å². The van der Waals surface area contributed by atoms with E-state index in [0.717, 1.165) is 44.6 Å². The van der Waals surface area contributed by atoms with Crippen molar-refractivity contribution < 1.29 is 9.47 Å². The summed E-state index contributed by atoms with van der Waals surface area (Å²) in [4.78, 5) is 0. The van der Waals surface area contributed by atoms with E-state index in [9.17, 15) is 0 Å². The zero-order valence-corrected chi connectivity index (χ0v) is 12.7. The Balaban J connectivity index is 1.82. The van der Waals surface area contributed by atoms with Gasteiger partial charge in [0.2, 0.25) is 0 Å². The topological polar surface area (TPSA) is 44.5 Å². The average molecular weight is 277 g/mol. The van der Waals surface area contributed by atoms with Gasteiger partial charge in [-0.2, -0.15) is 0 Å². The maximum Gasteiger partial charge on any atom is 0.0739 e. The Hall–Kier alpha value is -0.900. The molecule has 1 aliphatic heterocycles. The lowest BCUT2D eigenvalue weighted by atomic mass is 9.99. The highest BCUT2D eigenvalue weighted by Crippen LogP contribution is 2.20. The lowest BCUT2D eigenvalue weighted by molar-refractivity contribution is -0.0129. The molecule has 0 radical (unpaired) electrons. The van der Waals surface area contributed by atoms with E-state index in [-0.39, 0.29) is 12.1 Å². The fourth-order valence-corrected chi connectivity index (χ4v) is 2.55. The molecular weight excluding hydrogens is 250 g/mol. The van der Waals surface area contributed by atoms with E-state index in [1.165, 1.54) is 5.56 Å². The van der Waals surface area contributed by atoms with Crippen LogP contribution in [0.3, 0.4) is 0 Å². The molecular formula is C17H27NO2. The standard InChI is InChI=1S/C17H27NO2/c1-3-14-4-6-16(7-5-14)17(18)13(2)20-12-15-8-10-19-11-9-15/h4-7,13,15,17H,3,8-12,18H2,1-2H3. The first-order chi connectivity index (χ1) is 9.70. The second-order valence-corrected chi connectivity index (χ2v) is 5.72. The molecule has 1 saturated heterocycles.